The van der Waals surface area contributed by atoms with Crippen LogP contribution in [0, 0.1) is 12.8 Å². The van der Waals surface area contributed by atoms with Crippen molar-refractivity contribution in [2.75, 3.05) is 13.1 Å². The fourth-order valence-electron chi connectivity index (χ4n) is 3.12. The first-order valence-corrected chi connectivity index (χ1v) is 7.58. The van der Waals surface area contributed by atoms with Crippen molar-refractivity contribution in [2.24, 2.45) is 11.7 Å². The summed E-state index contributed by atoms with van der Waals surface area (Å²) >= 11 is 6.02. The number of benzene rings is 1. The second-order valence-corrected chi connectivity index (χ2v) is 6.28. The van der Waals surface area contributed by atoms with Gasteiger partial charge in [-0.25, -0.2) is 0 Å². The van der Waals surface area contributed by atoms with Crippen LogP contribution >= 0.6 is 24.0 Å². The van der Waals surface area contributed by atoms with Gasteiger partial charge in [-0.2, -0.15) is 0 Å². The molecule has 120 valence electrons. The van der Waals surface area contributed by atoms with Crippen LogP contribution in [0.15, 0.2) is 22.6 Å². The minimum atomic E-state index is -0.0525. The summed E-state index contributed by atoms with van der Waals surface area (Å²) in [6.45, 7) is 5.27. The van der Waals surface area contributed by atoms with Crippen LogP contribution < -0.4 is 5.73 Å². The molecule has 2 heterocycles. The summed E-state index contributed by atoms with van der Waals surface area (Å²) in [7, 11) is 0. The molecule has 6 heteroatoms. The van der Waals surface area contributed by atoms with E-state index in [1.165, 1.54) is 0 Å². The molecule has 2 unspecified atom stereocenters. The van der Waals surface area contributed by atoms with E-state index in [4.69, 9.17) is 21.8 Å². The molecule has 3 rings (SSSR count). The monoisotopic (exact) mass is 342 g/mol. The number of fused-ring (bicyclic) bond motifs is 1. The van der Waals surface area contributed by atoms with E-state index in [0.717, 1.165) is 17.4 Å². The number of carbonyl (C=O) groups is 1. The molecule has 2 aromatic rings. The summed E-state index contributed by atoms with van der Waals surface area (Å²) in [5.74, 6) is 0.739. The fourth-order valence-corrected chi connectivity index (χ4v) is 3.30. The average molecular weight is 343 g/mol. The maximum absolute atomic E-state index is 12.8. The molecule has 0 bridgehead atoms. The van der Waals surface area contributed by atoms with Gasteiger partial charge >= 0.3 is 0 Å². The minimum Gasteiger partial charge on any atom is -0.451 e. The standard InChI is InChI=1S/C16H19ClN2O2.ClH/c1-9-5-11(7-18)8-19(9)16(20)15-10(2)13-6-12(17)3-4-14(13)21-15;/h3-4,6,9,11H,5,7-8,18H2,1-2H3;1H. The first kappa shape index (κ1) is 17.1. The van der Waals surface area contributed by atoms with E-state index in [9.17, 15) is 4.79 Å². The highest BCUT2D eigenvalue weighted by molar-refractivity contribution is 6.31. The zero-order valence-corrected chi connectivity index (χ0v) is 14.2. The molecule has 1 aromatic carbocycles. The molecule has 0 spiro atoms. The van der Waals surface area contributed by atoms with E-state index in [1.54, 1.807) is 12.1 Å². The number of aryl methyl sites for hydroxylation is 1. The summed E-state index contributed by atoms with van der Waals surface area (Å²) in [4.78, 5) is 14.6. The van der Waals surface area contributed by atoms with Crippen LogP contribution in [0.25, 0.3) is 11.0 Å². The largest absolute Gasteiger partial charge is 0.451 e. The maximum atomic E-state index is 12.8. The van der Waals surface area contributed by atoms with Gasteiger partial charge in [0.2, 0.25) is 0 Å². The Hall–Kier alpha value is -1.23. The molecule has 1 saturated heterocycles. The first-order valence-electron chi connectivity index (χ1n) is 7.21. The smallest absolute Gasteiger partial charge is 0.290 e. The molecule has 1 fully saturated rings. The Kier molecular flexibility index (Phi) is 5.05. The molecular formula is C16H20Cl2N2O2. The molecule has 22 heavy (non-hydrogen) atoms. The van der Waals surface area contributed by atoms with Crippen LogP contribution in [0.4, 0.5) is 0 Å². The van der Waals surface area contributed by atoms with Gasteiger partial charge in [0.05, 0.1) is 0 Å². The van der Waals surface area contributed by atoms with Crippen molar-refractivity contribution in [3.05, 3.63) is 34.5 Å². The van der Waals surface area contributed by atoms with Crippen molar-refractivity contribution in [1.82, 2.24) is 4.90 Å². The number of rotatable bonds is 2. The van der Waals surface area contributed by atoms with Gasteiger partial charge in [-0.1, -0.05) is 11.6 Å². The third-order valence-corrected chi connectivity index (χ3v) is 4.58. The number of hydrogen-bond acceptors (Lipinski definition) is 3. The number of amides is 1. The highest BCUT2D eigenvalue weighted by Gasteiger charge is 2.34. The molecule has 1 aliphatic rings. The third-order valence-electron chi connectivity index (χ3n) is 4.35. The summed E-state index contributed by atoms with van der Waals surface area (Å²) in [6, 6.07) is 5.60. The molecule has 1 aromatic heterocycles. The van der Waals surface area contributed by atoms with Crippen LogP contribution in [0.2, 0.25) is 5.02 Å². The van der Waals surface area contributed by atoms with Crippen LogP contribution in [0.1, 0.15) is 29.5 Å². The summed E-state index contributed by atoms with van der Waals surface area (Å²) in [6.07, 6.45) is 0.952. The lowest BCUT2D eigenvalue weighted by Gasteiger charge is -2.20. The fraction of sp³-hybridized carbons (Fsp3) is 0.438. The number of nitrogens with zero attached hydrogens (tertiary/aromatic N) is 1. The number of likely N-dealkylation sites (tertiary alicyclic amines) is 1. The number of carbonyl (C=O) groups excluding carboxylic acids is 1. The average Bonchev–Trinajstić information content (AvgIpc) is 2.99. The highest BCUT2D eigenvalue weighted by Crippen LogP contribution is 2.31. The molecule has 0 saturated carbocycles. The lowest BCUT2D eigenvalue weighted by molar-refractivity contribution is 0.0712. The van der Waals surface area contributed by atoms with Gasteiger partial charge in [-0.3, -0.25) is 4.79 Å². The van der Waals surface area contributed by atoms with Crippen LogP contribution in [-0.4, -0.2) is 29.9 Å². The lowest BCUT2D eigenvalue weighted by Crippen LogP contribution is -2.34. The molecule has 4 nitrogen and oxygen atoms in total. The van der Waals surface area contributed by atoms with Gasteiger partial charge < -0.3 is 15.1 Å². The number of hydrogen-bond donors (Lipinski definition) is 1. The number of furan rings is 1. The van der Waals surface area contributed by atoms with Crippen molar-refractivity contribution >= 4 is 40.9 Å². The van der Waals surface area contributed by atoms with E-state index in [-0.39, 0.29) is 24.4 Å². The van der Waals surface area contributed by atoms with E-state index in [2.05, 4.69) is 6.92 Å². The van der Waals surface area contributed by atoms with Crippen molar-refractivity contribution in [2.45, 2.75) is 26.3 Å². The quantitative estimate of drug-likeness (QED) is 0.906. The van der Waals surface area contributed by atoms with E-state index >= 15 is 0 Å². The summed E-state index contributed by atoms with van der Waals surface area (Å²) in [5, 5.41) is 1.54. The van der Waals surface area contributed by atoms with Crippen molar-refractivity contribution < 1.29 is 9.21 Å². The molecule has 2 atom stereocenters. The van der Waals surface area contributed by atoms with Gasteiger partial charge in [0.25, 0.3) is 5.91 Å². The predicted molar refractivity (Wildman–Crippen MR) is 90.9 cm³/mol. The van der Waals surface area contributed by atoms with Crippen molar-refractivity contribution in [3.63, 3.8) is 0 Å². The Morgan fingerprint density at radius 1 is 1.50 bits per heavy atom. The molecule has 0 radical (unpaired) electrons. The van der Waals surface area contributed by atoms with Gasteiger partial charge in [-0.15, -0.1) is 12.4 Å². The highest BCUT2D eigenvalue weighted by atomic mass is 35.5. The topological polar surface area (TPSA) is 59.5 Å². The Balaban J connectivity index is 0.00000176. The maximum Gasteiger partial charge on any atom is 0.290 e. The van der Waals surface area contributed by atoms with E-state index in [1.807, 2.05) is 17.9 Å². The Morgan fingerprint density at radius 2 is 2.23 bits per heavy atom. The van der Waals surface area contributed by atoms with Gasteiger partial charge in [-0.05, 0) is 50.9 Å². The molecule has 2 N–H and O–H groups in total. The molecular weight excluding hydrogens is 323 g/mol. The first-order chi connectivity index (χ1) is 10.0. The van der Waals surface area contributed by atoms with Crippen molar-refractivity contribution in [3.8, 4) is 0 Å². The molecule has 0 aliphatic carbocycles. The zero-order valence-electron chi connectivity index (χ0n) is 12.6. The number of nitrogens with two attached hydrogens (primary N) is 1. The van der Waals surface area contributed by atoms with Crippen LogP contribution in [0.3, 0.4) is 0 Å². The van der Waals surface area contributed by atoms with Crippen molar-refractivity contribution in [1.29, 1.82) is 0 Å². The zero-order chi connectivity index (χ0) is 15.1. The Bertz CT molecular complexity index is 699. The number of halogens is 2. The van der Waals surface area contributed by atoms with E-state index < -0.39 is 0 Å². The minimum absolute atomic E-state index is 0. The Morgan fingerprint density at radius 3 is 2.86 bits per heavy atom. The second-order valence-electron chi connectivity index (χ2n) is 5.84. The Labute approximate surface area is 141 Å². The lowest BCUT2D eigenvalue weighted by atomic mass is 10.1. The van der Waals surface area contributed by atoms with E-state index in [0.29, 0.717) is 35.4 Å². The molecule has 1 aliphatic heterocycles. The van der Waals surface area contributed by atoms with Gasteiger partial charge in [0, 0.05) is 28.6 Å². The molecule has 1 amide bonds. The third kappa shape index (κ3) is 2.83. The summed E-state index contributed by atoms with van der Waals surface area (Å²) < 4.78 is 5.76. The SMILES string of the molecule is Cc1c(C(=O)N2CC(CN)CC2C)oc2ccc(Cl)cc12.Cl. The van der Waals surface area contributed by atoms with Gasteiger partial charge in [0.15, 0.2) is 5.76 Å². The van der Waals surface area contributed by atoms with Crippen LogP contribution in [0.5, 0.6) is 0 Å². The second kappa shape index (κ2) is 6.49. The van der Waals surface area contributed by atoms with Crippen LogP contribution in [-0.2, 0) is 0 Å². The van der Waals surface area contributed by atoms with Gasteiger partial charge in [0.1, 0.15) is 5.58 Å². The predicted octanol–water partition coefficient (Wildman–Crippen LogP) is 3.63. The normalized spacial score (nSPS) is 21.2. The summed E-state index contributed by atoms with van der Waals surface area (Å²) in [5.41, 5.74) is 7.27.